The van der Waals surface area contributed by atoms with Crippen LogP contribution in [0.1, 0.15) is 33.2 Å². The van der Waals surface area contributed by atoms with Crippen LogP contribution < -0.4 is 16.2 Å². The summed E-state index contributed by atoms with van der Waals surface area (Å²) in [6.07, 6.45) is 1.97. The molecule has 1 fully saturated rings. The fraction of sp³-hybridized carbons (Fsp3) is 0.308. The van der Waals surface area contributed by atoms with Crippen molar-refractivity contribution in [2.45, 2.75) is 18.3 Å². The summed E-state index contributed by atoms with van der Waals surface area (Å²) in [7, 11) is -4.66. The molecule has 4 rings (SSSR count). The Bertz CT molecular complexity index is 1540. The molecule has 0 radical (unpaired) electrons. The van der Waals surface area contributed by atoms with Crippen molar-refractivity contribution >= 4 is 33.4 Å². The van der Waals surface area contributed by atoms with Gasteiger partial charge in [0, 0.05) is 42.6 Å². The molecule has 1 unspecified atom stereocenters. The molecular formula is C26H27ClF2N4O6S. The highest BCUT2D eigenvalue weighted by Gasteiger charge is 2.33. The van der Waals surface area contributed by atoms with Gasteiger partial charge >= 0.3 is 0 Å². The van der Waals surface area contributed by atoms with Gasteiger partial charge in [0.05, 0.1) is 5.02 Å². The van der Waals surface area contributed by atoms with Crippen LogP contribution in [0, 0.1) is 17.6 Å². The van der Waals surface area contributed by atoms with Crippen molar-refractivity contribution in [3.05, 3.63) is 75.9 Å². The van der Waals surface area contributed by atoms with Crippen LogP contribution in [0.2, 0.25) is 5.02 Å². The quantitative estimate of drug-likeness (QED) is 0.203. The number of benzene rings is 2. The molecule has 2 atom stereocenters. The number of ether oxygens (including phenoxy) is 1. The molecule has 14 heteroatoms. The van der Waals surface area contributed by atoms with E-state index in [0.29, 0.717) is 19.5 Å². The van der Waals surface area contributed by atoms with Gasteiger partial charge in [0.1, 0.15) is 23.5 Å². The molecule has 40 heavy (non-hydrogen) atoms. The average molecular weight is 597 g/mol. The van der Waals surface area contributed by atoms with E-state index in [-0.39, 0.29) is 58.5 Å². The van der Waals surface area contributed by atoms with Crippen molar-refractivity contribution in [1.82, 2.24) is 9.88 Å². The monoisotopic (exact) mass is 596 g/mol. The molecule has 10 nitrogen and oxygen atoms in total. The third-order valence-electron chi connectivity index (χ3n) is 6.80. The molecular weight excluding hydrogens is 570 g/mol. The summed E-state index contributed by atoms with van der Waals surface area (Å²) in [5.41, 5.74) is 11.8. The molecule has 1 amide bonds. The van der Waals surface area contributed by atoms with E-state index in [0.717, 1.165) is 12.1 Å². The summed E-state index contributed by atoms with van der Waals surface area (Å²) in [5.74, 6) is -2.60. The summed E-state index contributed by atoms with van der Waals surface area (Å²) in [4.78, 5) is 17.9. The highest BCUT2D eigenvalue weighted by molar-refractivity contribution is 7.86. The number of amides is 1. The number of nitrogens with two attached hydrogens (primary N) is 2. The molecule has 3 aromatic rings. The number of aromatic nitrogens is 1. The molecule has 6 N–H and O–H groups in total. The van der Waals surface area contributed by atoms with Crippen LogP contribution in [0.3, 0.4) is 0 Å². The number of rotatable bonds is 10. The van der Waals surface area contributed by atoms with E-state index >= 15 is 0 Å². The Kier molecular flexibility index (Phi) is 8.90. The van der Waals surface area contributed by atoms with E-state index in [4.69, 9.17) is 27.8 Å². The van der Waals surface area contributed by atoms with Crippen LogP contribution in [0.5, 0.6) is 5.75 Å². The number of nitrogens with zero attached hydrogens (tertiary/aromatic N) is 2. The molecule has 1 aliphatic rings. The van der Waals surface area contributed by atoms with Gasteiger partial charge in [-0.15, -0.1) is 0 Å². The molecule has 0 saturated carbocycles. The Labute approximate surface area is 234 Å². The number of carbonyl (C=O) groups is 1. The number of primary amides is 1. The first kappa shape index (κ1) is 29.6. The Morgan fingerprint density at radius 2 is 1.95 bits per heavy atom. The normalized spacial score (nSPS) is 16.7. The maximum atomic E-state index is 14.2. The molecule has 0 bridgehead atoms. The molecule has 214 valence electrons. The zero-order chi connectivity index (χ0) is 29.2. The SMILES string of the molecule is NC(=O)c1ccc(C(CN2CC[C@@H](CO)C2)S(=O)(=O)O)c(-c2cnc(N)c(OCc3c(F)ccc(F)c3Cl)c2)c1. The van der Waals surface area contributed by atoms with Gasteiger partial charge in [0.25, 0.3) is 10.1 Å². The minimum absolute atomic E-state index is 0.0174. The van der Waals surface area contributed by atoms with Gasteiger partial charge < -0.3 is 26.2 Å². The van der Waals surface area contributed by atoms with E-state index in [1.54, 1.807) is 0 Å². The van der Waals surface area contributed by atoms with Crippen LogP contribution >= 0.6 is 11.6 Å². The lowest BCUT2D eigenvalue weighted by molar-refractivity contribution is 0.1000. The van der Waals surface area contributed by atoms with Gasteiger partial charge in [-0.1, -0.05) is 17.7 Å². The van der Waals surface area contributed by atoms with Gasteiger partial charge in [-0.05, 0) is 60.3 Å². The van der Waals surface area contributed by atoms with Crippen molar-refractivity contribution in [3.8, 4) is 16.9 Å². The van der Waals surface area contributed by atoms with Crippen molar-refractivity contribution in [2.75, 3.05) is 32.0 Å². The highest BCUT2D eigenvalue weighted by atomic mass is 35.5. The third kappa shape index (κ3) is 6.50. The van der Waals surface area contributed by atoms with Gasteiger partial charge in [-0.3, -0.25) is 9.35 Å². The van der Waals surface area contributed by atoms with E-state index in [2.05, 4.69) is 4.98 Å². The first-order valence-electron chi connectivity index (χ1n) is 12.1. The number of pyridine rings is 1. The number of halogens is 3. The number of likely N-dealkylation sites (tertiary alicyclic amines) is 1. The highest BCUT2D eigenvalue weighted by Crippen LogP contribution is 2.37. The summed E-state index contributed by atoms with van der Waals surface area (Å²) < 4.78 is 69.1. The molecule has 0 spiro atoms. The molecule has 2 aromatic carbocycles. The maximum Gasteiger partial charge on any atom is 0.273 e. The lowest BCUT2D eigenvalue weighted by Gasteiger charge is -2.24. The first-order valence-corrected chi connectivity index (χ1v) is 14.0. The minimum atomic E-state index is -4.66. The summed E-state index contributed by atoms with van der Waals surface area (Å²) in [6, 6.07) is 7.25. The minimum Gasteiger partial charge on any atom is -0.485 e. The van der Waals surface area contributed by atoms with Crippen LogP contribution in [0.15, 0.2) is 42.6 Å². The van der Waals surface area contributed by atoms with Crippen molar-refractivity contribution < 1.29 is 36.4 Å². The number of hydrogen-bond donors (Lipinski definition) is 4. The Morgan fingerprint density at radius 1 is 1.23 bits per heavy atom. The topological polar surface area (TPSA) is 169 Å². The Balaban J connectivity index is 1.75. The third-order valence-corrected chi connectivity index (χ3v) is 8.33. The summed E-state index contributed by atoms with van der Waals surface area (Å²) >= 11 is 5.88. The lowest BCUT2D eigenvalue weighted by atomic mass is 9.95. The smallest absolute Gasteiger partial charge is 0.273 e. The zero-order valence-corrected chi connectivity index (χ0v) is 22.6. The average Bonchev–Trinajstić information content (AvgIpc) is 3.37. The predicted octanol–water partition coefficient (Wildman–Crippen LogP) is 3.18. The standard InChI is InChI=1S/C26H27ClF2N4O6S/c27-24-19(20(28)3-4-21(24)29)13-39-22-8-16(9-32-25(22)30)18-7-15(26(31)35)1-2-17(18)23(40(36,37)38)11-33-6-5-14(10-33)12-34/h1-4,7-9,14,23,34H,5-6,10-13H2,(H2,30,32)(H2,31,35)(H,36,37,38)/t14-,23?/m1/s1. The van der Waals surface area contributed by atoms with E-state index in [1.165, 1.54) is 30.5 Å². The van der Waals surface area contributed by atoms with Gasteiger partial charge in [-0.25, -0.2) is 13.8 Å². The molecule has 2 heterocycles. The second-order valence-corrected chi connectivity index (χ2v) is 11.5. The van der Waals surface area contributed by atoms with Crippen molar-refractivity contribution in [3.63, 3.8) is 0 Å². The molecule has 1 aromatic heterocycles. The van der Waals surface area contributed by atoms with E-state index in [1.807, 2.05) is 4.90 Å². The largest absolute Gasteiger partial charge is 0.485 e. The second-order valence-electron chi connectivity index (χ2n) is 9.48. The van der Waals surface area contributed by atoms with Crippen LogP contribution in [-0.4, -0.2) is 60.1 Å². The fourth-order valence-electron chi connectivity index (χ4n) is 4.62. The van der Waals surface area contributed by atoms with Crippen LogP contribution in [0.4, 0.5) is 14.6 Å². The number of nitrogen functional groups attached to an aromatic ring is 1. The lowest BCUT2D eigenvalue weighted by Crippen LogP contribution is -2.31. The van der Waals surface area contributed by atoms with E-state index in [9.17, 15) is 31.7 Å². The molecule has 1 saturated heterocycles. The number of hydrogen-bond acceptors (Lipinski definition) is 8. The molecule has 0 aliphatic carbocycles. The van der Waals surface area contributed by atoms with Gasteiger partial charge in [0.15, 0.2) is 11.6 Å². The zero-order valence-electron chi connectivity index (χ0n) is 21.1. The van der Waals surface area contributed by atoms with Crippen LogP contribution in [0.25, 0.3) is 11.1 Å². The summed E-state index contributed by atoms with van der Waals surface area (Å²) in [6.45, 7) is 0.336. The maximum absolute atomic E-state index is 14.2. The number of aliphatic hydroxyl groups excluding tert-OH is 1. The molecule has 1 aliphatic heterocycles. The second kappa shape index (κ2) is 12.0. The Morgan fingerprint density at radius 3 is 2.60 bits per heavy atom. The van der Waals surface area contributed by atoms with Crippen molar-refractivity contribution in [1.29, 1.82) is 0 Å². The van der Waals surface area contributed by atoms with E-state index < -0.39 is 44.5 Å². The number of carbonyl (C=O) groups excluding carboxylic acids is 1. The first-order chi connectivity index (χ1) is 18.9. The van der Waals surface area contributed by atoms with Gasteiger partial charge in [0.2, 0.25) is 5.91 Å². The number of anilines is 1. The Hall–Kier alpha value is -3.36. The van der Waals surface area contributed by atoms with Gasteiger partial charge in [-0.2, -0.15) is 8.42 Å². The number of aliphatic hydroxyl groups is 1. The summed E-state index contributed by atoms with van der Waals surface area (Å²) in [5, 5.41) is 7.58. The fourth-order valence-corrected chi connectivity index (χ4v) is 5.76. The van der Waals surface area contributed by atoms with Crippen LogP contribution in [-0.2, 0) is 16.7 Å². The van der Waals surface area contributed by atoms with Crippen molar-refractivity contribution in [2.24, 2.45) is 11.7 Å². The predicted molar refractivity (Wildman–Crippen MR) is 144 cm³/mol.